The van der Waals surface area contributed by atoms with E-state index in [1.54, 1.807) is 30.3 Å². The molecule has 0 fully saturated rings. The average molecular weight is 419 g/mol. The first-order valence-electron chi connectivity index (χ1n) is 8.00. The van der Waals surface area contributed by atoms with Gasteiger partial charge in [-0.1, -0.05) is 17.7 Å². The number of sulfonamides is 1. The van der Waals surface area contributed by atoms with E-state index < -0.39 is 15.9 Å². The highest BCUT2D eigenvalue weighted by Gasteiger charge is 2.15. The highest BCUT2D eigenvalue weighted by molar-refractivity contribution is 7.92. The van der Waals surface area contributed by atoms with E-state index in [9.17, 15) is 13.2 Å². The summed E-state index contributed by atoms with van der Waals surface area (Å²) < 4.78 is 32.2. The van der Waals surface area contributed by atoms with E-state index in [1.807, 2.05) is 0 Å². The summed E-state index contributed by atoms with van der Waals surface area (Å²) in [6.07, 6.45) is 2.85. The highest BCUT2D eigenvalue weighted by Crippen LogP contribution is 2.18. The summed E-state index contributed by atoms with van der Waals surface area (Å²) >= 11 is 5.85. The minimum atomic E-state index is -3.83. The molecule has 10 heteroatoms. The van der Waals surface area contributed by atoms with Crippen molar-refractivity contribution < 1.29 is 17.9 Å². The first-order chi connectivity index (χ1) is 13.4. The second-order valence-corrected chi connectivity index (χ2v) is 7.62. The van der Waals surface area contributed by atoms with Crippen LogP contribution in [0.1, 0.15) is 0 Å². The fourth-order valence-electron chi connectivity index (χ4n) is 2.15. The molecule has 0 saturated heterocycles. The third-order valence-electron chi connectivity index (χ3n) is 3.41. The van der Waals surface area contributed by atoms with Gasteiger partial charge in [-0.2, -0.15) is 0 Å². The summed E-state index contributed by atoms with van der Waals surface area (Å²) in [7, 11) is -3.83. The number of nitrogens with one attached hydrogen (secondary N) is 2. The maximum absolute atomic E-state index is 12.3. The molecule has 1 amide bonds. The number of hydrogen-bond acceptors (Lipinski definition) is 6. The molecule has 3 aromatic rings. The zero-order valence-electron chi connectivity index (χ0n) is 14.4. The fourth-order valence-corrected chi connectivity index (χ4v) is 3.29. The van der Waals surface area contributed by atoms with Crippen LogP contribution in [0.4, 0.5) is 11.6 Å². The third-order valence-corrected chi connectivity index (χ3v) is 4.98. The molecule has 3 rings (SSSR count). The molecule has 2 N–H and O–H groups in total. The van der Waals surface area contributed by atoms with Gasteiger partial charge in [-0.3, -0.25) is 4.79 Å². The lowest BCUT2D eigenvalue weighted by molar-refractivity contribution is -0.118. The summed E-state index contributed by atoms with van der Waals surface area (Å²) in [5, 5.41) is 3.12. The van der Waals surface area contributed by atoms with Gasteiger partial charge in [0, 0.05) is 23.1 Å². The largest absolute Gasteiger partial charge is 0.484 e. The van der Waals surface area contributed by atoms with Crippen molar-refractivity contribution in [3.8, 4) is 5.75 Å². The van der Waals surface area contributed by atoms with Crippen LogP contribution >= 0.6 is 11.6 Å². The van der Waals surface area contributed by atoms with Gasteiger partial charge in [0.2, 0.25) is 5.95 Å². The van der Waals surface area contributed by atoms with E-state index in [2.05, 4.69) is 20.0 Å². The van der Waals surface area contributed by atoms with Crippen molar-refractivity contribution in [1.29, 1.82) is 0 Å². The molecular formula is C18H15ClN4O4S. The van der Waals surface area contributed by atoms with Crippen molar-refractivity contribution in [3.63, 3.8) is 0 Å². The van der Waals surface area contributed by atoms with Crippen LogP contribution in [0, 0.1) is 0 Å². The second kappa shape index (κ2) is 8.68. The molecule has 0 radical (unpaired) electrons. The Kier molecular flexibility index (Phi) is 6.07. The van der Waals surface area contributed by atoms with Crippen LogP contribution in [0.3, 0.4) is 0 Å². The van der Waals surface area contributed by atoms with E-state index in [-0.39, 0.29) is 17.5 Å². The molecule has 0 unspecified atom stereocenters. The molecule has 0 aliphatic rings. The smallest absolute Gasteiger partial charge is 0.264 e. The minimum Gasteiger partial charge on any atom is -0.484 e. The van der Waals surface area contributed by atoms with Crippen molar-refractivity contribution in [2.75, 3.05) is 16.6 Å². The average Bonchev–Trinajstić information content (AvgIpc) is 2.67. The standard InChI is InChI=1S/C18H15ClN4O4S/c19-13-3-1-4-15(11-13)27-12-17(24)22-14-5-7-16(8-6-14)28(25,26)23-18-20-9-2-10-21-18/h1-11H,12H2,(H,22,24)(H,20,21,23). The van der Waals surface area contributed by atoms with Crippen LogP contribution in [-0.4, -0.2) is 30.9 Å². The van der Waals surface area contributed by atoms with Crippen molar-refractivity contribution in [3.05, 3.63) is 72.0 Å². The fraction of sp³-hybridized carbons (Fsp3) is 0.0556. The zero-order chi connectivity index (χ0) is 20.0. The normalized spacial score (nSPS) is 10.9. The number of carbonyl (C=O) groups excluding carboxylic acids is 1. The van der Waals surface area contributed by atoms with Crippen LogP contribution in [0.15, 0.2) is 71.9 Å². The highest BCUT2D eigenvalue weighted by atomic mass is 35.5. The van der Waals surface area contributed by atoms with Gasteiger partial charge >= 0.3 is 0 Å². The van der Waals surface area contributed by atoms with Gasteiger partial charge in [0.25, 0.3) is 15.9 Å². The van der Waals surface area contributed by atoms with Gasteiger partial charge < -0.3 is 10.1 Å². The molecule has 2 aromatic carbocycles. The van der Waals surface area contributed by atoms with Crippen molar-refractivity contribution >= 4 is 39.2 Å². The Morgan fingerprint density at radius 3 is 2.43 bits per heavy atom. The first-order valence-corrected chi connectivity index (χ1v) is 9.87. The molecule has 1 heterocycles. The second-order valence-electron chi connectivity index (χ2n) is 5.50. The minimum absolute atomic E-state index is 0.00753. The zero-order valence-corrected chi connectivity index (χ0v) is 15.9. The van der Waals surface area contributed by atoms with E-state index in [4.69, 9.17) is 16.3 Å². The molecule has 0 aliphatic carbocycles. The Labute approximate surface area is 166 Å². The van der Waals surface area contributed by atoms with Gasteiger partial charge in [-0.05, 0) is 48.5 Å². The van der Waals surface area contributed by atoms with Crippen molar-refractivity contribution in [2.24, 2.45) is 0 Å². The number of rotatable bonds is 7. The summed E-state index contributed by atoms with van der Waals surface area (Å²) in [4.78, 5) is 19.6. The number of benzene rings is 2. The maximum atomic E-state index is 12.3. The number of ether oxygens (including phenoxy) is 1. The topological polar surface area (TPSA) is 110 Å². The summed E-state index contributed by atoms with van der Waals surface area (Å²) in [5.41, 5.74) is 0.426. The number of aromatic nitrogens is 2. The predicted molar refractivity (Wildman–Crippen MR) is 105 cm³/mol. The lowest BCUT2D eigenvalue weighted by Crippen LogP contribution is -2.20. The van der Waals surface area contributed by atoms with Crippen molar-refractivity contribution in [2.45, 2.75) is 4.90 Å². The Morgan fingerprint density at radius 1 is 1.04 bits per heavy atom. The van der Waals surface area contributed by atoms with Gasteiger partial charge in [-0.25, -0.2) is 23.1 Å². The van der Waals surface area contributed by atoms with Gasteiger partial charge in [-0.15, -0.1) is 0 Å². The number of anilines is 2. The quantitative estimate of drug-likeness (QED) is 0.610. The van der Waals surface area contributed by atoms with Crippen LogP contribution in [-0.2, 0) is 14.8 Å². The lowest BCUT2D eigenvalue weighted by Gasteiger charge is -2.09. The number of hydrogen-bond donors (Lipinski definition) is 2. The summed E-state index contributed by atoms with van der Waals surface area (Å²) in [6, 6.07) is 13.9. The number of carbonyl (C=O) groups is 1. The predicted octanol–water partition coefficient (Wildman–Crippen LogP) is 2.95. The van der Waals surface area contributed by atoms with Gasteiger partial charge in [0.1, 0.15) is 5.75 Å². The number of amides is 1. The Morgan fingerprint density at radius 2 is 1.75 bits per heavy atom. The SMILES string of the molecule is O=C(COc1cccc(Cl)c1)Nc1ccc(S(=O)(=O)Nc2ncccn2)cc1. The molecule has 144 valence electrons. The monoisotopic (exact) mass is 418 g/mol. The summed E-state index contributed by atoms with van der Waals surface area (Å²) in [6.45, 7) is -0.215. The van der Waals surface area contributed by atoms with E-state index in [1.165, 1.54) is 36.7 Å². The summed E-state index contributed by atoms with van der Waals surface area (Å²) in [5.74, 6) is 0.0442. The Hall–Kier alpha value is -3.17. The van der Waals surface area contributed by atoms with Crippen molar-refractivity contribution in [1.82, 2.24) is 9.97 Å². The Bertz CT molecular complexity index is 1060. The molecule has 0 saturated carbocycles. The van der Waals surface area contributed by atoms with E-state index in [0.717, 1.165) is 0 Å². The molecule has 0 atom stereocenters. The number of nitrogens with zero attached hydrogens (tertiary/aromatic N) is 2. The third kappa shape index (κ3) is 5.41. The number of halogens is 1. The van der Waals surface area contributed by atoms with Gasteiger partial charge in [0.05, 0.1) is 4.90 Å². The molecule has 8 nitrogen and oxygen atoms in total. The van der Waals surface area contributed by atoms with E-state index >= 15 is 0 Å². The molecule has 0 spiro atoms. The van der Waals surface area contributed by atoms with E-state index in [0.29, 0.717) is 16.5 Å². The molecule has 0 bridgehead atoms. The van der Waals surface area contributed by atoms with Crippen LogP contribution in [0.2, 0.25) is 5.02 Å². The van der Waals surface area contributed by atoms with Crippen LogP contribution in [0.25, 0.3) is 0 Å². The molecule has 0 aliphatic heterocycles. The Balaban J connectivity index is 1.58. The van der Waals surface area contributed by atoms with Crippen LogP contribution < -0.4 is 14.8 Å². The molecule has 1 aromatic heterocycles. The first kappa shape index (κ1) is 19.6. The molecule has 28 heavy (non-hydrogen) atoms. The van der Waals surface area contributed by atoms with Gasteiger partial charge in [0.15, 0.2) is 6.61 Å². The maximum Gasteiger partial charge on any atom is 0.264 e. The molecular weight excluding hydrogens is 404 g/mol. The van der Waals surface area contributed by atoms with Crippen LogP contribution in [0.5, 0.6) is 5.75 Å². The lowest BCUT2D eigenvalue weighted by atomic mass is 10.3.